The van der Waals surface area contributed by atoms with Gasteiger partial charge in [-0.05, 0) is 71.7 Å². The first kappa shape index (κ1) is 33.3. The molecule has 250 valence electrons. The molecular weight excluding hydrogens is 631 g/mol. The SMILES string of the molecule is CCN(CCOC(c1ccccc1)(c1ccccc1)c1ccccc1)c1ccc(N=Nc2ccc(C=C3C(=O)c4ccccc4C3=O)cc2)cc1. The van der Waals surface area contributed by atoms with Crippen molar-refractivity contribution >= 4 is 34.7 Å². The molecule has 0 spiro atoms. The minimum Gasteiger partial charge on any atom is -0.369 e. The highest BCUT2D eigenvalue weighted by Gasteiger charge is 2.37. The number of hydrogen-bond acceptors (Lipinski definition) is 6. The van der Waals surface area contributed by atoms with Gasteiger partial charge in [-0.15, -0.1) is 0 Å². The zero-order chi connectivity index (χ0) is 35.0. The molecule has 51 heavy (non-hydrogen) atoms. The van der Waals surface area contributed by atoms with E-state index in [-0.39, 0.29) is 17.1 Å². The lowest BCUT2D eigenvalue weighted by Gasteiger charge is -2.37. The van der Waals surface area contributed by atoms with E-state index in [4.69, 9.17) is 4.74 Å². The van der Waals surface area contributed by atoms with Gasteiger partial charge >= 0.3 is 0 Å². The Balaban J connectivity index is 1.03. The van der Waals surface area contributed by atoms with E-state index in [9.17, 15) is 9.59 Å². The topological polar surface area (TPSA) is 71.3 Å². The van der Waals surface area contributed by atoms with E-state index in [1.165, 1.54) is 0 Å². The van der Waals surface area contributed by atoms with Gasteiger partial charge in [0.25, 0.3) is 0 Å². The number of likely N-dealkylation sites (N-methyl/N-ethyl adjacent to an activating group) is 1. The summed E-state index contributed by atoms with van der Waals surface area (Å²) >= 11 is 0. The fourth-order valence-corrected chi connectivity index (χ4v) is 6.60. The fourth-order valence-electron chi connectivity index (χ4n) is 6.60. The number of carbonyl (C=O) groups is 2. The number of anilines is 1. The molecule has 6 nitrogen and oxygen atoms in total. The first-order valence-corrected chi connectivity index (χ1v) is 17.1. The van der Waals surface area contributed by atoms with Crippen LogP contribution in [0, 0.1) is 0 Å². The molecule has 0 amide bonds. The standard InChI is InChI=1S/C45H37N3O3/c1-2-48(30-31-51-45(34-14-6-3-7-15-34,35-16-8-4-9-17-35)36-18-10-5-11-19-36)39-28-26-38(27-29-39)47-46-37-24-22-33(23-25-37)32-42-43(49)40-20-12-13-21-41(40)44(42)50/h3-29,32H,2,30-31H2,1H3. The lowest BCUT2D eigenvalue weighted by Crippen LogP contribution is -2.36. The first-order valence-electron chi connectivity index (χ1n) is 17.1. The minimum atomic E-state index is -0.764. The van der Waals surface area contributed by atoms with Crippen molar-refractivity contribution in [3.8, 4) is 0 Å². The van der Waals surface area contributed by atoms with Crippen LogP contribution >= 0.6 is 0 Å². The molecule has 6 aromatic carbocycles. The Labute approximate surface area is 298 Å². The van der Waals surface area contributed by atoms with Crippen molar-refractivity contribution in [1.29, 1.82) is 0 Å². The van der Waals surface area contributed by atoms with E-state index in [1.54, 1.807) is 30.3 Å². The average molecular weight is 668 g/mol. The van der Waals surface area contributed by atoms with Gasteiger partial charge in [0.05, 0.1) is 23.6 Å². The van der Waals surface area contributed by atoms with Crippen molar-refractivity contribution in [3.05, 3.63) is 203 Å². The summed E-state index contributed by atoms with van der Waals surface area (Å²) in [5, 5.41) is 8.85. The lowest BCUT2D eigenvalue weighted by molar-refractivity contribution is 0.0173. The molecule has 6 heteroatoms. The Hall–Kier alpha value is -6.24. The maximum Gasteiger partial charge on any atom is 0.197 e. The van der Waals surface area contributed by atoms with Crippen LogP contribution in [0.3, 0.4) is 0 Å². The number of Topliss-reactive ketones (excluding diaryl/α,β-unsaturated/α-hetero) is 2. The van der Waals surface area contributed by atoms with Gasteiger partial charge in [-0.3, -0.25) is 9.59 Å². The molecule has 0 aliphatic heterocycles. The molecule has 0 fully saturated rings. The maximum atomic E-state index is 12.7. The number of fused-ring (bicyclic) bond motifs is 1. The van der Waals surface area contributed by atoms with Gasteiger partial charge in [-0.25, -0.2) is 0 Å². The number of azo groups is 1. The first-order chi connectivity index (χ1) is 25.1. The summed E-state index contributed by atoms with van der Waals surface area (Å²) in [5.41, 5.74) is 6.79. The number of rotatable bonds is 12. The number of carbonyl (C=O) groups excluding carboxylic acids is 2. The van der Waals surface area contributed by atoms with Crippen LogP contribution in [0.4, 0.5) is 17.1 Å². The van der Waals surface area contributed by atoms with Crippen molar-refractivity contribution in [2.45, 2.75) is 12.5 Å². The number of benzene rings is 6. The molecule has 0 bridgehead atoms. The molecule has 0 N–H and O–H groups in total. The summed E-state index contributed by atoms with van der Waals surface area (Å²) in [6, 6.07) is 53.5. The molecule has 7 rings (SSSR count). The number of ketones is 2. The van der Waals surface area contributed by atoms with Gasteiger partial charge in [0, 0.05) is 29.9 Å². The number of ether oxygens (including phenoxy) is 1. The van der Waals surface area contributed by atoms with Crippen molar-refractivity contribution in [1.82, 2.24) is 0 Å². The molecule has 0 atom stereocenters. The number of hydrogen-bond donors (Lipinski definition) is 0. The maximum absolute atomic E-state index is 12.7. The van der Waals surface area contributed by atoms with Crippen molar-refractivity contribution in [2.24, 2.45) is 10.2 Å². The summed E-state index contributed by atoms with van der Waals surface area (Å²) in [5.74, 6) is -0.478. The predicted octanol–water partition coefficient (Wildman–Crippen LogP) is 10.4. The Bertz CT molecular complexity index is 2040. The lowest BCUT2D eigenvalue weighted by atomic mass is 9.80. The summed E-state index contributed by atoms with van der Waals surface area (Å²) < 4.78 is 7.01. The van der Waals surface area contributed by atoms with Crippen molar-refractivity contribution < 1.29 is 14.3 Å². The van der Waals surface area contributed by atoms with E-state index in [0.29, 0.717) is 30.0 Å². The summed E-state index contributed by atoms with van der Waals surface area (Å²) in [7, 11) is 0. The Kier molecular flexibility index (Phi) is 9.86. The van der Waals surface area contributed by atoms with Crippen LogP contribution in [0.5, 0.6) is 0 Å². The summed E-state index contributed by atoms with van der Waals surface area (Å²) in [6.45, 7) is 4.14. The van der Waals surface area contributed by atoms with Crippen molar-refractivity contribution in [3.63, 3.8) is 0 Å². The van der Waals surface area contributed by atoms with Crippen LogP contribution in [0.25, 0.3) is 6.08 Å². The molecule has 0 saturated carbocycles. The summed E-state index contributed by atoms with van der Waals surface area (Å²) in [6.07, 6.45) is 1.64. The Morgan fingerprint density at radius 1 is 0.569 bits per heavy atom. The third-order valence-corrected chi connectivity index (χ3v) is 9.21. The molecule has 0 unspecified atom stereocenters. The van der Waals surface area contributed by atoms with Crippen LogP contribution in [0.1, 0.15) is 49.9 Å². The molecular formula is C45H37N3O3. The van der Waals surface area contributed by atoms with Gasteiger partial charge in [0.2, 0.25) is 0 Å². The van der Waals surface area contributed by atoms with Crippen LogP contribution in [-0.4, -0.2) is 31.3 Å². The average Bonchev–Trinajstić information content (AvgIpc) is 3.44. The summed E-state index contributed by atoms with van der Waals surface area (Å²) in [4.78, 5) is 27.8. The van der Waals surface area contributed by atoms with Gasteiger partial charge in [0.1, 0.15) is 5.60 Å². The van der Waals surface area contributed by atoms with Gasteiger partial charge in [-0.1, -0.05) is 127 Å². The zero-order valence-electron chi connectivity index (χ0n) is 28.4. The monoisotopic (exact) mass is 667 g/mol. The van der Waals surface area contributed by atoms with E-state index in [2.05, 4.69) is 107 Å². The van der Waals surface area contributed by atoms with E-state index < -0.39 is 5.60 Å². The third kappa shape index (κ3) is 6.95. The third-order valence-electron chi connectivity index (χ3n) is 9.21. The molecule has 0 radical (unpaired) electrons. The van der Waals surface area contributed by atoms with Crippen molar-refractivity contribution in [2.75, 3.05) is 24.6 Å². The van der Waals surface area contributed by atoms with E-state index in [0.717, 1.165) is 40.2 Å². The second kappa shape index (κ2) is 15.1. The Morgan fingerprint density at radius 3 is 1.45 bits per heavy atom. The van der Waals surface area contributed by atoms with Gasteiger partial charge < -0.3 is 9.64 Å². The minimum absolute atomic E-state index is 0.182. The number of allylic oxidation sites excluding steroid dienone is 1. The second-order valence-electron chi connectivity index (χ2n) is 12.3. The number of nitrogens with zero attached hydrogens (tertiary/aromatic N) is 3. The van der Waals surface area contributed by atoms with Crippen LogP contribution < -0.4 is 4.90 Å². The zero-order valence-corrected chi connectivity index (χ0v) is 28.4. The highest BCUT2D eigenvalue weighted by atomic mass is 16.5. The second-order valence-corrected chi connectivity index (χ2v) is 12.3. The van der Waals surface area contributed by atoms with Crippen LogP contribution in [0.2, 0.25) is 0 Å². The largest absolute Gasteiger partial charge is 0.369 e. The molecule has 1 aliphatic rings. The van der Waals surface area contributed by atoms with Crippen LogP contribution in [0.15, 0.2) is 180 Å². The normalized spacial score (nSPS) is 12.7. The van der Waals surface area contributed by atoms with Crippen LogP contribution in [-0.2, 0) is 10.3 Å². The van der Waals surface area contributed by atoms with E-state index in [1.807, 2.05) is 54.6 Å². The molecule has 6 aromatic rings. The van der Waals surface area contributed by atoms with Gasteiger partial charge in [0.15, 0.2) is 11.6 Å². The smallest absolute Gasteiger partial charge is 0.197 e. The molecule has 1 aliphatic carbocycles. The predicted molar refractivity (Wildman–Crippen MR) is 203 cm³/mol. The highest BCUT2D eigenvalue weighted by Crippen LogP contribution is 2.40. The van der Waals surface area contributed by atoms with Gasteiger partial charge in [-0.2, -0.15) is 10.2 Å². The quantitative estimate of drug-likeness (QED) is 0.0564. The molecule has 0 aromatic heterocycles. The highest BCUT2D eigenvalue weighted by molar-refractivity contribution is 6.41. The Morgan fingerprint density at radius 2 is 1.00 bits per heavy atom. The fraction of sp³-hybridized carbons (Fsp3) is 0.111. The van der Waals surface area contributed by atoms with E-state index >= 15 is 0 Å². The molecule has 0 saturated heterocycles. The molecule has 0 heterocycles.